The van der Waals surface area contributed by atoms with Crippen LogP contribution in [0.3, 0.4) is 0 Å². The topological polar surface area (TPSA) is 120 Å². The highest BCUT2D eigenvalue weighted by molar-refractivity contribution is 7.15. The first-order chi connectivity index (χ1) is 15.3. The van der Waals surface area contributed by atoms with Crippen molar-refractivity contribution < 1.29 is 24.6 Å². The molecule has 2 atom stereocenters. The van der Waals surface area contributed by atoms with Gasteiger partial charge in [0, 0.05) is 22.7 Å². The van der Waals surface area contributed by atoms with Crippen molar-refractivity contribution in [1.82, 2.24) is 15.2 Å². The number of hydrogen-bond acceptors (Lipinski definition) is 6. The summed E-state index contributed by atoms with van der Waals surface area (Å²) in [7, 11) is 0. The van der Waals surface area contributed by atoms with E-state index < -0.39 is 35.7 Å². The summed E-state index contributed by atoms with van der Waals surface area (Å²) in [4.78, 5) is 43.9. The van der Waals surface area contributed by atoms with Crippen molar-refractivity contribution in [1.29, 1.82) is 0 Å². The fourth-order valence-electron chi connectivity index (χ4n) is 4.23. The highest BCUT2D eigenvalue weighted by atomic mass is 32.1. The Hall–Kier alpha value is -3.46. The third kappa shape index (κ3) is 4.29. The third-order valence-electron chi connectivity index (χ3n) is 5.88. The Morgan fingerprint density at radius 2 is 2.00 bits per heavy atom. The first-order valence-corrected chi connectivity index (χ1v) is 11.1. The molecule has 3 N–H and O–H groups in total. The van der Waals surface area contributed by atoms with Gasteiger partial charge >= 0.3 is 5.97 Å². The minimum absolute atomic E-state index is 0.0424. The fraction of sp³-hybridized carbons (Fsp3) is 0.304. The molecule has 8 nitrogen and oxygen atoms in total. The van der Waals surface area contributed by atoms with Crippen molar-refractivity contribution >= 4 is 29.1 Å². The molecule has 2 amide bonds. The molecule has 1 fully saturated rings. The zero-order valence-electron chi connectivity index (χ0n) is 17.3. The molecule has 0 radical (unpaired) electrons. The number of fused-ring (bicyclic) bond motifs is 2. The van der Waals surface area contributed by atoms with Gasteiger partial charge in [-0.05, 0) is 30.8 Å². The largest absolute Gasteiger partial charge is 0.507 e. The normalized spacial score (nSPS) is 23.1. The summed E-state index contributed by atoms with van der Waals surface area (Å²) in [6, 6.07) is 9.60. The van der Waals surface area contributed by atoms with E-state index in [4.69, 9.17) is 5.11 Å². The molecule has 1 saturated carbocycles. The summed E-state index contributed by atoms with van der Waals surface area (Å²) < 4.78 is 0. The number of allylic oxidation sites excluding steroid dienone is 1. The first-order valence-electron chi connectivity index (χ1n) is 10.3. The number of carboxylic acid groups (broad SMARTS) is 1. The maximum absolute atomic E-state index is 13.5. The summed E-state index contributed by atoms with van der Waals surface area (Å²) in [6.07, 6.45) is 3.86. The van der Waals surface area contributed by atoms with Gasteiger partial charge in [0.1, 0.15) is 22.9 Å². The lowest BCUT2D eigenvalue weighted by Crippen LogP contribution is -2.44. The van der Waals surface area contributed by atoms with Crippen LogP contribution in [0.4, 0.5) is 0 Å². The molecule has 2 aliphatic rings. The number of benzene rings is 1. The molecular weight excluding hydrogens is 430 g/mol. The Morgan fingerprint density at radius 3 is 2.72 bits per heavy atom. The van der Waals surface area contributed by atoms with Crippen LogP contribution in [0.15, 0.2) is 60.0 Å². The molecule has 9 heteroatoms. The summed E-state index contributed by atoms with van der Waals surface area (Å²) in [5.41, 5.74) is 0.872. The molecule has 1 aromatic carbocycles. The molecule has 0 saturated heterocycles. The molecule has 1 aromatic heterocycles. The van der Waals surface area contributed by atoms with E-state index in [0.29, 0.717) is 12.0 Å². The molecule has 2 aromatic rings. The van der Waals surface area contributed by atoms with Crippen molar-refractivity contribution in [2.75, 3.05) is 6.54 Å². The number of carbonyl (C=O) groups excluding carboxylic acids is 2. The van der Waals surface area contributed by atoms with E-state index in [1.165, 1.54) is 11.3 Å². The lowest BCUT2D eigenvalue weighted by Gasteiger charge is -2.31. The van der Waals surface area contributed by atoms with E-state index in [-0.39, 0.29) is 18.5 Å². The molecule has 2 heterocycles. The minimum atomic E-state index is -1.24. The number of aliphatic carboxylic acids is 1. The lowest BCUT2D eigenvalue weighted by atomic mass is 9.92. The molecule has 166 valence electrons. The van der Waals surface area contributed by atoms with Crippen molar-refractivity contribution in [2.45, 2.75) is 31.8 Å². The second kappa shape index (κ2) is 8.96. The number of aliphatic hydroxyl groups excluding tert-OH is 1. The molecule has 1 aliphatic heterocycles. The number of rotatable bonds is 6. The number of aliphatic hydroxyl groups is 1. The predicted octanol–water partition coefficient (Wildman–Crippen LogP) is 2.89. The van der Waals surface area contributed by atoms with E-state index in [2.05, 4.69) is 16.9 Å². The van der Waals surface area contributed by atoms with E-state index in [0.717, 1.165) is 28.3 Å². The van der Waals surface area contributed by atoms with Crippen molar-refractivity contribution in [3.63, 3.8) is 0 Å². The lowest BCUT2D eigenvalue weighted by molar-refractivity contribution is -0.138. The van der Waals surface area contributed by atoms with Gasteiger partial charge in [0.2, 0.25) is 0 Å². The van der Waals surface area contributed by atoms with E-state index in [9.17, 15) is 19.5 Å². The van der Waals surface area contributed by atoms with Gasteiger partial charge in [0.25, 0.3) is 11.8 Å². The molecule has 2 unspecified atom stereocenters. The molecule has 32 heavy (non-hydrogen) atoms. The minimum Gasteiger partial charge on any atom is -0.507 e. The average Bonchev–Trinajstić information content (AvgIpc) is 3.46. The first kappa shape index (κ1) is 21.8. The Bertz CT molecular complexity index is 1110. The van der Waals surface area contributed by atoms with Gasteiger partial charge in [-0.25, -0.2) is 4.98 Å². The number of carbonyl (C=O) groups is 3. The molecule has 2 bridgehead atoms. The van der Waals surface area contributed by atoms with Gasteiger partial charge in [0.15, 0.2) is 0 Å². The maximum Gasteiger partial charge on any atom is 0.322 e. The van der Waals surface area contributed by atoms with Crippen LogP contribution in [0.25, 0.3) is 10.6 Å². The van der Waals surface area contributed by atoms with Crippen molar-refractivity contribution in [3.8, 4) is 10.6 Å². The zero-order valence-corrected chi connectivity index (χ0v) is 18.1. The van der Waals surface area contributed by atoms with Gasteiger partial charge in [-0.3, -0.25) is 14.4 Å². The Morgan fingerprint density at radius 1 is 1.25 bits per heavy atom. The Kier molecular flexibility index (Phi) is 6.09. The summed E-state index contributed by atoms with van der Waals surface area (Å²) in [6.45, 7) is 3.49. The smallest absolute Gasteiger partial charge is 0.322 e. The van der Waals surface area contributed by atoms with Crippen LogP contribution < -0.4 is 5.32 Å². The molecule has 4 rings (SSSR count). The number of nitrogens with zero attached hydrogens (tertiary/aromatic N) is 2. The summed E-state index contributed by atoms with van der Waals surface area (Å²) in [5, 5.41) is 22.6. The number of amides is 2. The van der Waals surface area contributed by atoms with E-state index in [1.807, 2.05) is 30.3 Å². The molecular formula is C23H23N3O5S. The number of hydrogen-bond donors (Lipinski definition) is 3. The van der Waals surface area contributed by atoms with Gasteiger partial charge in [-0.1, -0.05) is 36.9 Å². The van der Waals surface area contributed by atoms with E-state index >= 15 is 0 Å². The van der Waals surface area contributed by atoms with Crippen LogP contribution in [0.5, 0.6) is 0 Å². The third-order valence-corrected chi connectivity index (χ3v) is 6.91. The summed E-state index contributed by atoms with van der Waals surface area (Å²) >= 11 is 1.47. The molecule has 0 spiro atoms. The number of thiazole rings is 1. The van der Waals surface area contributed by atoms with Crippen molar-refractivity contribution in [3.05, 3.63) is 64.9 Å². The zero-order chi connectivity index (χ0) is 22.8. The van der Waals surface area contributed by atoms with Crippen LogP contribution in [-0.4, -0.2) is 50.5 Å². The Labute approximate surface area is 188 Å². The number of carboxylic acids is 1. The Balaban J connectivity index is 1.64. The highest BCUT2D eigenvalue weighted by Gasteiger charge is 2.41. The van der Waals surface area contributed by atoms with Crippen LogP contribution in [0, 0.1) is 5.92 Å². The monoisotopic (exact) mass is 453 g/mol. The van der Waals surface area contributed by atoms with Crippen LogP contribution >= 0.6 is 11.3 Å². The second-order valence-corrected chi connectivity index (χ2v) is 9.04. The van der Waals surface area contributed by atoms with Gasteiger partial charge < -0.3 is 20.4 Å². The summed E-state index contributed by atoms with van der Waals surface area (Å²) in [5.74, 6) is -3.30. The van der Waals surface area contributed by atoms with E-state index in [1.54, 1.807) is 11.1 Å². The van der Waals surface area contributed by atoms with Gasteiger partial charge in [-0.15, -0.1) is 11.3 Å². The predicted molar refractivity (Wildman–Crippen MR) is 119 cm³/mol. The number of aromatic nitrogens is 1. The fourth-order valence-corrected chi connectivity index (χ4v) is 5.15. The quantitative estimate of drug-likeness (QED) is 0.579. The molecule has 1 aliphatic carbocycles. The van der Waals surface area contributed by atoms with Gasteiger partial charge in [-0.2, -0.15) is 0 Å². The van der Waals surface area contributed by atoms with Crippen molar-refractivity contribution in [2.24, 2.45) is 5.92 Å². The highest BCUT2D eigenvalue weighted by Crippen LogP contribution is 2.40. The second-order valence-electron chi connectivity index (χ2n) is 7.92. The van der Waals surface area contributed by atoms with Gasteiger partial charge in [0.05, 0.1) is 6.54 Å². The van der Waals surface area contributed by atoms with Crippen LogP contribution in [0.2, 0.25) is 0 Å². The average molecular weight is 454 g/mol. The number of nitrogens with one attached hydrogen (secondary N) is 1. The SMILES string of the molecule is C=C1/C(O)=C(/C(=O)NCC(=O)O)C(=O)N(Cc2cnc(-c3ccccc3)s2)C2CCC1C2. The maximum atomic E-state index is 13.5. The van der Waals surface area contributed by atoms with Crippen LogP contribution in [0.1, 0.15) is 24.1 Å². The van der Waals surface area contributed by atoms with Crippen LogP contribution in [-0.2, 0) is 20.9 Å². The standard InChI is InChI=1S/C23H23N3O5S/c1-13-15-7-8-16(9-15)26(23(31)19(20(13)29)21(30)24-11-18(27)28)12-17-10-25-22(32-17)14-5-3-2-4-6-14/h2-6,10,15-16,29H,1,7-9,11-12H2,(H,24,30)(H,27,28)/b20-19+.